The van der Waals surface area contributed by atoms with Crippen LogP contribution in [0.4, 0.5) is 0 Å². The number of halogens is 1. The molecule has 0 aromatic carbocycles. The maximum Gasteiger partial charge on any atom is 0.0795 e. The average molecular weight is 236 g/mol. The highest BCUT2D eigenvalue weighted by atomic mass is 35.5. The van der Waals surface area contributed by atoms with Crippen LogP contribution in [0, 0.1) is 5.92 Å². The quantitative estimate of drug-likeness (QED) is 0.516. The van der Waals surface area contributed by atoms with Gasteiger partial charge in [0.25, 0.3) is 0 Å². The van der Waals surface area contributed by atoms with Crippen LogP contribution in [-0.4, -0.2) is 20.6 Å². The molecule has 0 aliphatic carbocycles. The molecule has 1 unspecified atom stereocenters. The summed E-state index contributed by atoms with van der Waals surface area (Å²) in [6.07, 6.45) is 9.94. The fourth-order valence-corrected chi connectivity index (χ4v) is 2.06. The largest absolute Gasteiger partial charge is 1.00 e. The highest BCUT2D eigenvalue weighted by Crippen LogP contribution is 2.13. The number of unbranched alkanes of at least 4 members (excludes halogenated alkanes) is 4. The predicted molar refractivity (Wildman–Crippen MR) is 64.8 cm³/mol. The van der Waals surface area contributed by atoms with Crippen molar-refractivity contribution in [3.8, 4) is 0 Å². The van der Waals surface area contributed by atoms with Gasteiger partial charge in [0.05, 0.1) is 20.6 Å². The summed E-state index contributed by atoms with van der Waals surface area (Å²) in [4.78, 5) is 1.60. The highest BCUT2D eigenvalue weighted by Gasteiger charge is 2.09. The second kappa shape index (κ2) is 12.3. The van der Waals surface area contributed by atoms with Crippen LogP contribution in [-0.2, 0) is 0 Å². The van der Waals surface area contributed by atoms with Crippen LogP contribution >= 0.6 is 0 Å². The molecule has 0 saturated carbocycles. The predicted octanol–water partition coefficient (Wildman–Crippen LogP) is -0.478. The molecule has 0 fully saturated rings. The van der Waals surface area contributed by atoms with Crippen molar-refractivity contribution in [3.05, 3.63) is 0 Å². The Morgan fingerprint density at radius 2 is 1.53 bits per heavy atom. The van der Waals surface area contributed by atoms with Crippen LogP contribution in [0.1, 0.15) is 58.8 Å². The van der Waals surface area contributed by atoms with Crippen LogP contribution in [0.25, 0.3) is 0 Å². The average Bonchev–Trinajstić information content (AvgIpc) is 2.15. The Balaban J connectivity index is 0. The summed E-state index contributed by atoms with van der Waals surface area (Å²) in [6, 6.07) is 0. The van der Waals surface area contributed by atoms with Gasteiger partial charge in [-0.25, -0.2) is 0 Å². The Morgan fingerprint density at radius 3 is 2.00 bits per heavy atom. The third-order valence-corrected chi connectivity index (χ3v) is 2.99. The lowest BCUT2D eigenvalue weighted by molar-refractivity contribution is -0.862. The molecule has 0 aliphatic heterocycles. The molecule has 0 spiro atoms. The number of quaternary nitrogens is 1. The minimum Gasteiger partial charge on any atom is -1.00 e. The summed E-state index contributed by atoms with van der Waals surface area (Å²) >= 11 is 0. The number of rotatable bonds is 9. The smallest absolute Gasteiger partial charge is 0.0795 e. The Kier molecular flexibility index (Phi) is 14.5. The Morgan fingerprint density at radius 1 is 0.933 bits per heavy atom. The van der Waals surface area contributed by atoms with Crippen molar-refractivity contribution in [2.45, 2.75) is 58.8 Å². The van der Waals surface area contributed by atoms with E-state index in [4.69, 9.17) is 0 Å². The zero-order chi connectivity index (χ0) is 10.8. The number of nitrogens with one attached hydrogen (secondary N) is 1. The van der Waals surface area contributed by atoms with Gasteiger partial charge in [0.2, 0.25) is 0 Å². The van der Waals surface area contributed by atoms with Crippen molar-refractivity contribution < 1.29 is 17.3 Å². The molecule has 1 atom stereocenters. The van der Waals surface area contributed by atoms with Gasteiger partial charge < -0.3 is 17.3 Å². The van der Waals surface area contributed by atoms with E-state index >= 15 is 0 Å². The first-order chi connectivity index (χ1) is 6.70. The third-order valence-electron chi connectivity index (χ3n) is 2.99. The van der Waals surface area contributed by atoms with Crippen LogP contribution in [0.5, 0.6) is 0 Å². The summed E-state index contributed by atoms with van der Waals surface area (Å²) in [6.45, 7) is 5.97. The lowest BCUT2D eigenvalue weighted by Crippen LogP contribution is -3.06. The van der Waals surface area contributed by atoms with Gasteiger partial charge in [-0.15, -0.1) is 0 Å². The Labute approximate surface area is 103 Å². The summed E-state index contributed by atoms with van der Waals surface area (Å²) in [7, 11) is 4.53. The zero-order valence-corrected chi connectivity index (χ0v) is 11.9. The molecule has 0 bridgehead atoms. The third kappa shape index (κ3) is 12.2. The van der Waals surface area contributed by atoms with Gasteiger partial charge in [0.1, 0.15) is 0 Å². The Hall–Kier alpha value is 0.250. The molecule has 0 heterocycles. The van der Waals surface area contributed by atoms with Crippen LogP contribution < -0.4 is 17.3 Å². The minimum atomic E-state index is 0. The second-order valence-corrected chi connectivity index (χ2v) is 4.89. The van der Waals surface area contributed by atoms with Crippen molar-refractivity contribution in [1.29, 1.82) is 0 Å². The molecule has 0 saturated heterocycles. The molecule has 0 radical (unpaired) electrons. The van der Waals surface area contributed by atoms with Gasteiger partial charge in [-0.1, -0.05) is 46.0 Å². The molecule has 0 aliphatic rings. The standard InChI is InChI=1S/C13H29N.ClH/c1-5-7-8-9-10-11-13(6-2)12-14(3)4;/h13H,5-12H2,1-4H3;1H. The first-order valence-electron chi connectivity index (χ1n) is 6.49. The van der Waals surface area contributed by atoms with E-state index in [-0.39, 0.29) is 12.4 Å². The zero-order valence-electron chi connectivity index (χ0n) is 11.1. The van der Waals surface area contributed by atoms with E-state index in [9.17, 15) is 0 Å². The lowest BCUT2D eigenvalue weighted by atomic mass is 9.97. The molecule has 1 N–H and O–H groups in total. The first-order valence-corrected chi connectivity index (χ1v) is 6.49. The molecule has 0 rings (SSSR count). The molecule has 15 heavy (non-hydrogen) atoms. The summed E-state index contributed by atoms with van der Waals surface area (Å²) in [5.74, 6) is 0.960. The topological polar surface area (TPSA) is 4.44 Å². The van der Waals surface area contributed by atoms with E-state index < -0.39 is 0 Å². The molecule has 0 aromatic heterocycles. The fraction of sp³-hybridized carbons (Fsp3) is 1.00. The molecule has 0 amide bonds. The van der Waals surface area contributed by atoms with E-state index in [1.54, 1.807) is 4.90 Å². The van der Waals surface area contributed by atoms with Crippen LogP contribution in [0.15, 0.2) is 0 Å². The van der Waals surface area contributed by atoms with E-state index in [2.05, 4.69) is 27.9 Å². The van der Waals surface area contributed by atoms with Gasteiger partial charge in [0, 0.05) is 5.92 Å². The molecule has 0 aromatic rings. The van der Waals surface area contributed by atoms with Crippen molar-refractivity contribution in [2.75, 3.05) is 20.6 Å². The van der Waals surface area contributed by atoms with Gasteiger partial charge in [-0.2, -0.15) is 0 Å². The van der Waals surface area contributed by atoms with E-state index in [0.29, 0.717) is 0 Å². The van der Waals surface area contributed by atoms with E-state index in [1.807, 2.05) is 0 Å². The molecule has 2 heteroatoms. The van der Waals surface area contributed by atoms with Gasteiger partial charge in [0.15, 0.2) is 0 Å². The second-order valence-electron chi connectivity index (χ2n) is 4.89. The lowest BCUT2D eigenvalue weighted by Gasteiger charge is -2.16. The van der Waals surface area contributed by atoms with E-state index in [1.165, 1.54) is 51.5 Å². The summed E-state index contributed by atoms with van der Waals surface area (Å²) < 4.78 is 0. The molecular formula is C13H30ClN. The Bertz CT molecular complexity index is 115. The normalized spacial score (nSPS) is 12.6. The van der Waals surface area contributed by atoms with Gasteiger partial charge in [-0.3, -0.25) is 0 Å². The van der Waals surface area contributed by atoms with Crippen LogP contribution in [0.2, 0.25) is 0 Å². The van der Waals surface area contributed by atoms with E-state index in [0.717, 1.165) is 5.92 Å². The number of hydrogen-bond acceptors (Lipinski definition) is 0. The summed E-state index contributed by atoms with van der Waals surface area (Å²) in [5.41, 5.74) is 0. The van der Waals surface area contributed by atoms with Crippen molar-refractivity contribution in [2.24, 2.45) is 5.92 Å². The maximum absolute atomic E-state index is 2.33. The SMILES string of the molecule is CCCCCCCC(CC)C[NH+](C)C.[Cl-]. The minimum absolute atomic E-state index is 0. The summed E-state index contributed by atoms with van der Waals surface area (Å²) in [5, 5.41) is 0. The first kappa shape index (κ1) is 17.6. The number of hydrogen-bond donors (Lipinski definition) is 1. The molecule has 1 nitrogen and oxygen atoms in total. The van der Waals surface area contributed by atoms with Crippen molar-refractivity contribution >= 4 is 0 Å². The molecule has 94 valence electrons. The van der Waals surface area contributed by atoms with Gasteiger partial charge in [-0.05, 0) is 12.8 Å². The fourth-order valence-electron chi connectivity index (χ4n) is 2.06. The monoisotopic (exact) mass is 235 g/mol. The van der Waals surface area contributed by atoms with Crippen LogP contribution in [0.3, 0.4) is 0 Å². The van der Waals surface area contributed by atoms with Gasteiger partial charge >= 0.3 is 0 Å². The van der Waals surface area contributed by atoms with Crippen molar-refractivity contribution in [3.63, 3.8) is 0 Å². The molecular weight excluding hydrogens is 206 g/mol. The maximum atomic E-state index is 2.33. The van der Waals surface area contributed by atoms with Crippen molar-refractivity contribution in [1.82, 2.24) is 0 Å². The highest BCUT2D eigenvalue weighted by molar-refractivity contribution is 4.55.